The second-order valence-corrected chi connectivity index (χ2v) is 4.28. The van der Waals surface area contributed by atoms with E-state index in [4.69, 9.17) is 5.73 Å². The summed E-state index contributed by atoms with van der Waals surface area (Å²) in [5.41, 5.74) is 8.37. The Bertz CT molecular complexity index is 595. The number of pyridine rings is 1. The molecule has 0 saturated heterocycles. The highest BCUT2D eigenvalue weighted by Crippen LogP contribution is 2.24. The van der Waals surface area contributed by atoms with E-state index in [1.54, 1.807) is 11.3 Å². The number of rotatable bonds is 1. The van der Waals surface area contributed by atoms with E-state index >= 15 is 0 Å². The lowest BCUT2D eigenvalue weighted by molar-refractivity contribution is 1.19. The fourth-order valence-electron chi connectivity index (χ4n) is 1.55. The summed E-state index contributed by atoms with van der Waals surface area (Å²) in [6, 6.07) is 7.88. The maximum Gasteiger partial charge on any atom is 0.137 e. The van der Waals surface area contributed by atoms with Crippen LogP contribution in [0.5, 0.6) is 0 Å². The highest BCUT2D eigenvalue weighted by atomic mass is 32.1. The zero-order valence-corrected chi connectivity index (χ0v) is 8.74. The van der Waals surface area contributed by atoms with Crippen molar-refractivity contribution in [1.82, 2.24) is 9.38 Å². The van der Waals surface area contributed by atoms with Gasteiger partial charge in [0.25, 0.3) is 0 Å². The predicted octanol–water partition coefficient (Wildman–Crippen LogP) is 2.65. The molecule has 3 aromatic heterocycles. The predicted molar refractivity (Wildman–Crippen MR) is 62.9 cm³/mol. The number of nitrogens with two attached hydrogens (primary N) is 1. The molecular formula is C11H9N3S. The Morgan fingerprint density at radius 1 is 1.20 bits per heavy atom. The maximum atomic E-state index is 5.71. The first-order valence-electron chi connectivity index (χ1n) is 4.61. The number of thiophene rings is 1. The summed E-state index contributed by atoms with van der Waals surface area (Å²) in [5.74, 6) is 0. The largest absolute Gasteiger partial charge is 0.398 e. The molecule has 0 aliphatic heterocycles. The molecule has 2 N–H and O–H groups in total. The summed E-state index contributed by atoms with van der Waals surface area (Å²) in [4.78, 5) is 5.69. The molecule has 15 heavy (non-hydrogen) atoms. The fraction of sp³-hybridized carbons (Fsp3) is 0. The smallest absolute Gasteiger partial charge is 0.137 e. The zero-order valence-electron chi connectivity index (χ0n) is 7.92. The van der Waals surface area contributed by atoms with Gasteiger partial charge in [-0.1, -0.05) is 6.07 Å². The summed E-state index contributed by atoms with van der Waals surface area (Å²) in [6.07, 6.45) is 3.87. The Morgan fingerprint density at radius 3 is 2.93 bits per heavy atom. The molecule has 0 aliphatic rings. The van der Waals surface area contributed by atoms with Crippen molar-refractivity contribution in [2.75, 3.05) is 5.73 Å². The van der Waals surface area contributed by atoms with Crippen LogP contribution >= 0.6 is 11.3 Å². The molecule has 3 nitrogen and oxygen atoms in total. The number of hydrogen-bond donors (Lipinski definition) is 1. The second kappa shape index (κ2) is 3.10. The normalized spacial score (nSPS) is 10.9. The van der Waals surface area contributed by atoms with Crippen LogP contribution in [-0.2, 0) is 0 Å². The Balaban J connectivity index is 2.22. The van der Waals surface area contributed by atoms with Gasteiger partial charge < -0.3 is 10.1 Å². The van der Waals surface area contributed by atoms with E-state index in [0.29, 0.717) is 0 Å². The molecule has 0 amide bonds. The zero-order chi connectivity index (χ0) is 10.3. The van der Waals surface area contributed by atoms with Crippen molar-refractivity contribution >= 4 is 22.7 Å². The molecule has 0 spiro atoms. The first kappa shape index (κ1) is 8.49. The highest BCUT2D eigenvalue weighted by Gasteiger charge is 2.04. The van der Waals surface area contributed by atoms with Gasteiger partial charge in [0.1, 0.15) is 5.65 Å². The number of nitrogens with zero attached hydrogens (tertiary/aromatic N) is 2. The molecule has 3 heterocycles. The number of anilines is 1. The standard InChI is InChI=1S/C11H9N3S/c12-8-3-4-11-13-9(7-14(11)6-8)10-2-1-5-15-10/h1-7H,12H2. The molecule has 0 aliphatic carbocycles. The molecule has 4 heteroatoms. The topological polar surface area (TPSA) is 43.3 Å². The average Bonchev–Trinajstić information content (AvgIpc) is 2.84. The van der Waals surface area contributed by atoms with Crippen molar-refractivity contribution in [2.45, 2.75) is 0 Å². The number of nitrogen functional groups attached to an aromatic ring is 1. The van der Waals surface area contributed by atoms with E-state index < -0.39 is 0 Å². The first-order valence-corrected chi connectivity index (χ1v) is 5.49. The number of aromatic nitrogens is 2. The third-order valence-corrected chi connectivity index (χ3v) is 3.14. The molecule has 0 unspecified atom stereocenters. The molecule has 0 atom stereocenters. The van der Waals surface area contributed by atoms with Crippen molar-refractivity contribution in [3.63, 3.8) is 0 Å². The molecule has 0 fully saturated rings. The minimum Gasteiger partial charge on any atom is -0.398 e. The van der Waals surface area contributed by atoms with E-state index in [9.17, 15) is 0 Å². The van der Waals surface area contributed by atoms with Gasteiger partial charge in [0.15, 0.2) is 0 Å². The van der Waals surface area contributed by atoms with Crippen molar-refractivity contribution in [3.05, 3.63) is 42.0 Å². The average molecular weight is 215 g/mol. The maximum absolute atomic E-state index is 5.71. The van der Waals surface area contributed by atoms with Gasteiger partial charge >= 0.3 is 0 Å². The van der Waals surface area contributed by atoms with Gasteiger partial charge in [-0.25, -0.2) is 4.98 Å². The third kappa shape index (κ3) is 1.39. The molecule has 0 saturated carbocycles. The van der Waals surface area contributed by atoms with Crippen molar-refractivity contribution < 1.29 is 0 Å². The lowest BCUT2D eigenvalue weighted by Crippen LogP contribution is -1.88. The Kier molecular flexibility index (Phi) is 1.76. The van der Waals surface area contributed by atoms with Crippen molar-refractivity contribution in [2.24, 2.45) is 0 Å². The van der Waals surface area contributed by atoms with Gasteiger partial charge in [0.05, 0.1) is 10.6 Å². The van der Waals surface area contributed by atoms with Crippen LogP contribution in [0.25, 0.3) is 16.2 Å². The lowest BCUT2D eigenvalue weighted by atomic mass is 10.4. The van der Waals surface area contributed by atoms with E-state index in [0.717, 1.165) is 17.0 Å². The molecule has 3 aromatic rings. The van der Waals surface area contributed by atoms with Gasteiger partial charge in [0, 0.05) is 18.1 Å². The van der Waals surface area contributed by atoms with Crippen LogP contribution in [0.1, 0.15) is 0 Å². The number of imidazole rings is 1. The van der Waals surface area contributed by atoms with Gasteiger partial charge in [-0.15, -0.1) is 11.3 Å². The Hall–Kier alpha value is -1.81. The molecule has 0 aromatic carbocycles. The molecule has 3 rings (SSSR count). The van der Waals surface area contributed by atoms with Crippen LogP contribution in [0, 0.1) is 0 Å². The van der Waals surface area contributed by atoms with Crippen molar-refractivity contribution in [3.8, 4) is 10.6 Å². The highest BCUT2D eigenvalue weighted by molar-refractivity contribution is 7.13. The van der Waals surface area contributed by atoms with Gasteiger partial charge in [-0.3, -0.25) is 0 Å². The van der Waals surface area contributed by atoms with Crippen LogP contribution in [0.3, 0.4) is 0 Å². The monoisotopic (exact) mass is 215 g/mol. The number of hydrogen-bond acceptors (Lipinski definition) is 3. The first-order chi connectivity index (χ1) is 7.33. The van der Waals surface area contributed by atoms with Gasteiger partial charge in [-0.05, 0) is 23.6 Å². The summed E-state index contributed by atoms with van der Waals surface area (Å²) >= 11 is 1.69. The fourth-order valence-corrected chi connectivity index (χ4v) is 2.23. The Morgan fingerprint density at radius 2 is 2.13 bits per heavy atom. The van der Waals surface area contributed by atoms with Crippen LogP contribution in [0.2, 0.25) is 0 Å². The third-order valence-electron chi connectivity index (χ3n) is 2.25. The minimum atomic E-state index is 0.748. The quantitative estimate of drug-likeness (QED) is 0.678. The van der Waals surface area contributed by atoms with E-state index in [2.05, 4.69) is 11.1 Å². The van der Waals surface area contributed by atoms with E-state index in [1.165, 1.54) is 4.88 Å². The molecule has 74 valence electrons. The summed E-state index contributed by atoms with van der Waals surface area (Å²) in [7, 11) is 0. The Labute approximate surface area is 90.8 Å². The summed E-state index contributed by atoms with van der Waals surface area (Å²) in [6.45, 7) is 0. The second-order valence-electron chi connectivity index (χ2n) is 3.33. The lowest BCUT2D eigenvalue weighted by Gasteiger charge is -1.93. The molecule has 0 radical (unpaired) electrons. The van der Waals surface area contributed by atoms with Crippen LogP contribution in [0.4, 0.5) is 5.69 Å². The minimum absolute atomic E-state index is 0.748. The van der Waals surface area contributed by atoms with Crippen LogP contribution < -0.4 is 5.73 Å². The van der Waals surface area contributed by atoms with Crippen LogP contribution in [0.15, 0.2) is 42.0 Å². The van der Waals surface area contributed by atoms with Gasteiger partial charge in [0.2, 0.25) is 0 Å². The van der Waals surface area contributed by atoms with Crippen molar-refractivity contribution in [1.29, 1.82) is 0 Å². The SMILES string of the molecule is Nc1ccc2nc(-c3cccs3)cn2c1. The summed E-state index contributed by atoms with van der Waals surface area (Å²) < 4.78 is 1.95. The van der Waals surface area contributed by atoms with Gasteiger partial charge in [-0.2, -0.15) is 0 Å². The van der Waals surface area contributed by atoms with E-state index in [1.807, 2.05) is 40.4 Å². The van der Waals surface area contributed by atoms with E-state index in [-0.39, 0.29) is 0 Å². The molecular weight excluding hydrogens is 206 g/mol. The summed E-state index contributed by atoms with van der Waals surface area (Å²) in [5, 5.41) is 2.05. The molecule has 0 bridgehead atoms. The van der Waals surface area contributed by atoms with Crippen LogP contribution in [-0.4, -0.2) is 9.38 Å². The number of fused-ring (bicyclic) bond motifs is 1.